The fourth-order valence-corrected chi connectivity index (χ4v) is 4.42. The molecular formula is C17H32N4O4S. The van der Waals surface area contributed by atoms with Crippen molar-refractivity contribution in [1.29, 1.82) is 0 Å². The molecule has 2 heterocycles. The highest BCUT2D eigenvalue weighted by molar-refractivity contribution is 7.92. The second-order valence-electron chi connectivity index (χ2n) is 7.80. The Balaban J connectivity index is 2.09. The van der Waals surface area contributed by atoms with Gasteiger partial charge in [0.25, 0.3) is 0 Å². The maximum Gasteiger partial charge on any atom is 0.243 e. The number of likely N-dealkylation sites (N-methyl/N-ethyl adjacent to an activating group) is 1. The number of hydrogen-bond acceptors (Lipinski definition) is 5. The van der Waals surface area contributed by atoms with Crippen LogP contribution >= 0.6 is 0 Å². The Hall–Kier alpha value is -1.35. The zero-order valence-corrected chi connectivity index (χ0v) is 17.1. The minimum atomic E-state index is -3.13. The molecule has 26 heavy (non-hydrogen) atoms. The molecule has 2 rings (SSSR count). The first-order chi connectivity index (χ1) is 12.1. The fraction of sp³-hybridized carbons (Fsp3) is 0.882. The van der Waals surface area contributed by atoms with E-state index in [9.17, 15) is 13.2 Å². The third-order valence-electron chi connectivity index (χ3n) is 4.97. The Morgan fingerprint density at radius 2 is 2.08 bits per heavy atom. The molecule has 1 atom stereocenters. The van der Waals surface area contributed by atoms with Crippen LogP contribution in [0.3, 0.4) is 0 Å². The van der Waals surface area contributed by atoms with Gasteiger partial charge in [0, 0.05) is 40.3 Å². The molecule has 0 aromatic carbocycles. The van der Waals surface area contributed by atoms with Crippen LogP contribution < -0.4 is 5.32 Å². The molecule has 2 saturated heterocycles. The topological polar surface area (TPSA) is 91.3 Å². The van der Waals surface area contributed by atoms with Crippen molar-refractivity contribution in [2.75, 3.05) is 52.6 Å². The number of ether oxygens (including phenoxy) is 1. The predicted octanol–water partition coefficient (Wildman–Crippen LogP) is 0.0983. The van der Waals surface area contributed by atoms with Crippen LogP contribution in [0.25, 0.3) is 0 Å². The first-order valence-corrected chi connectivity index (χ1v) is 10.8. The van der Waals surface area contributed by atoms with E-state index in [-0.39, 0.29) is 24.3 Å². The molecule has 2 aliphatic heterocycles. The number of sulfone groups is 1. The van der Waals surface area contributed by atoms with Crippen LogP contribution in [0.2, 0.25) is 0 Å². The monoisotopic (exact) mass is 388 g/mol. The molecular weight excluding hydrogens is 356 g/mol. The third kappa shape index (κ3) is 5.33. The van der Waals surface area contributed by atoms with Crippen molar-refractivity contribution in [3.8, 4) is 0 Å². The molecule has 2 aliphatic rings. The highest BCUT2D eigenvalue weighted by atomic mass is 32.2. The van der Waals surface area contributed by atoms with E-state index in [0.29, 0.717) is 25.6 Å². The standard InChI is InChI=1S/C17H32N4O4S/c1-17(2)13-21(8-10-26(17,23)24)16(19-12-15(22)20(3)4)18-11-14-7-5-6-9-25-14/h14H,5-13H2,1-4H3,(H,18,19). The van der Waals surface area contributed by atoms with Gasteiger partial charge in [-0.15, -0.1) is 0 Å². The van der Waals surface area contributed by atoms with Crippen LogP contribution in [0.15, 0.2) is 4.99 Å². The van der Waals surface area contributed by atoms with Gasteiger partial charge in [-0.1, -0.05) is 0 Å². The van der Waals surface area contributed by atoms with Crippen molar-refractivity contribution in [1.82, 2.24) is 15.1 Å². The van der Waals surface area contributed by atoms with Gasteiger partial charge in [0.1, 0.15) is 6.54 Å². The lowest BCUT2D eigenvalue weighted by Gasteiger charge is -2.39. The number of carbonyl (C=O) groups is 1. The lowest BCUT2D eigenvalue weighted by atomic mass is 10.1. The van der Waals surface area contributed by atoms with E-state index in [1.807, 2.05) is 4.90 Å². The van der Waals surface area contributed by atoms with Crippen molar-refractivity contribution in [2.24, 2.45) is 4.99 Å². The van der Waals surface area contributed by atoms with Gasteiger partial charge >= 0.3 is 0 Å². The molecule has 0 radical (unpaired) electrons. The Morgan fingerprint density at radius 3 is 2.65 bits per heavy atom. The van der Waals surface area contributed by atoms with Gasteiger partial charge in [-0.05, 0) is 33.1 Å². The van der Waals surface area contributed by atoms with E-state index in [0.717, 1.165) is 25.9 Å². The summed E-state index contributed by atoms with van der Waals surface area (Å²) in [6.07, 6.45) is 3.36. The van der Waals surface area contributed by atoms with E-state index in [1.54, 1.807) is 27.9 Å². The minimum absolute atomic E-state index is 0.0323. The SMILES string of the molecule is CN(C)C(=O)CN=C(NCC1CCCCO1)N1CCS(=O)(=O)C(C)(C)C1. The maximum atomic E-state index is 12.3. The van der Waals surface area contributed by atoms with Crippen molar-refractivity contribution >= 4 is 21.7 Å². The smallest absolute Gasteiger partial charge is 0.243 e. The first kappa shape index (κ1) is 21.0. The molecule has 2 fully saturated rings. The molecule has 0 bridgehead atoms. The lowest BCUT2D eigenvalue weighted by molar-refractivity contribution is -0.127. The van der Waals surface area contributed by atoms with E-state index in [1.165, 1.54) is 4.90 Å². The van der Waals surface area contributed by atoms with E-state index < -0.39 is 14.6 Å². The second-order valence-corrected chi connectivity index (χ2v) is 10.5. The number of guanidine groups is 1. The number of rotatable bonds is 4. The van der Waals surface area contributed by atoms with Crippen LogP contribution in [0.1, 0.15) is 33.1 Å². The average Bonchev–Trinajstić information content (AvgIpc) is 2.58. The minimum Gasteiger partial charge on any atom is -0.376 e. The summed E-state index contributed by atoms with van der Waals surface area (Å²) in [6.45, 7) is 5.61. The zero-order chi connectivity index (χ0) is 19.4. The molecule has 1 unspecified atom stereocenters. The molecule has 0 spiro atoms. The summed E-state index contributed by atoms with van der Waals surface area (Å²) in [5.41, 5.74) is 0. The number of nitrogens with one attached hydrogen (secondary N) is 1. The molecule has 9 heteroatoms. The summed E-state index contributed by atoms with van der Waals surface area (Å²) in [4.78, 5) is 19.8. The van der Waals surface area contributed by atoms with E-state index in [2.05, 4.69) is 10.3 Å². The summed E-state index contributed by atoms with van der Waals surface area (Å²) >= 11 is 0. The van der Waals surface area contributed by atoms with Gasteiger partial charge in [0.2, 0.25) is 5.91 Å². The summed E-state index contributed by atoms with van der Waals surface area (Å²) in [6, 6.07) is 0. The molecule has 1 N–H and O–H groups in total. The van der Waals surface area contributed by atoms with Crippen molar-refractivity contribution in [3.63, 3.8) is 0 Å². The highest BCUT2D eigenvalue weighted by Gasteiger charge is 2.41. The Kier molecular flexibility index (Phi) is 6.90. The average molecular weight is 389 g/mol. The highest BCUT2D eigenvalue weighted by Crippen LogP contribution is 2.23. The van der Waals surface area contributed by atoms with Crippen LogP contribution in [-0.4, -0.2) is 93.6 Å². The zero-order valence-electron chi connectivity index (χ0n) is 16.3. The van der Waals surface area contributed by atoms with E-state index >= 15 is 0 Å². The Morgan fingerprint density at radius 1 is 1.35 bits per heavy atom. The summed E-state index contributed by atoms with van der Waals surface area (Å²) in [7, 11) is 0.252. The van der Waals surface area contributed by atoms with Gasteiger partial charge in [-0.25, -0.2) is 13.4 Å². The van der Waals surface area contributed by atoms with Gasteiger partial charge in [0.05, 0.1) is 16.6 Å². The summed E-state index contributed by atoms with van der Waals surface area (Å²) in [5.74, 6) is 0.571. The Labute approximate surface area is 156 Å². The van der Waals surface area contributed by atoms with Gasteiger partial charge < -0.3 is 19.9 Å². The van der Waals surface area contributed by atoms with Crippen LogP contribution in [0.5, 0.6) is 0 Å². The quantitative estimate of drug-likeness (QED) is 0.542. The largest absolute Gasteiger partial charge is 0.376 e. The molecule has 0 aromatic rings. The summed E-state index contributed by atoms with van der Waals surface area (Å²) < 4.78 is 29.4. The molecule has 8 nitrogen and oxygen atoms in total. The Bertz CT molecular complexity index is 625. The van der Waals surface area contributed by atoms with Gasteiger partial charge in [-0.2, -0.15) is 0 Å². The molecule has 1 amide bonds. The van der Waals surface area contributed by atoms with Crippen LogP contribution in [0, 0.1) is 0 Å². The summed E-state index contributed by atoms with van der Waals surface area (Å²) in [5, 5.41) is 3.30. The van der Waals surface area contributed by atoms with Crippen molar-refractivity contribution in [3.05, 3.63) is 0 Å². The number of carbonyl (C=O) groups excluding carboxylic acids is 1. The van der Waals surface area contributed by atoms with Gasteiger partial charge in [-0.3, -0.25) is 4.79 Å². The molecule has 0 saturated carbocycles. The number of hydrogen-bond donors (Lipinski definition) is 1. The van der Waals surface area contributed by atoms with Crippen molar-refractivity contribution in [2.45, 2.75) is 44.0 Å². The lowest BCUT2D eigenvalue weighted by Crippen LogP contribution is -2.58. The molecule has 0 aromatic heterocycles. The van der Waals surface area contributed by atoms with E-state index in [4.69, 9.17) is 4.74 Å². The normalized spacial score (nSPS) is 25.6. The number of amides is 1. The maximum absolute atomic E-state index is 12.3. The second kappa shape index (κ2) is 8.56. The fourth-order valence-electron chi connectivity index (χ4n) is 3.05. The molecule has 0 aliphatic carbocycles. The first-order valence-electron chi connectivity index (χ1n) is 9.20. The van der Waals surface area contributed by atoms with Gasteiger partial charge in [0.15, 0.2) is 15.8 Å². The third-order valence-corrected chi connectivity index (χ3v) is 7.50. The van der Waals surface area contributed by atoms with Crippen LogP contribution in [0.4, 0.5) is 0 Å². The number of nitrogens with zero attached hydrogens (tertiary/aromatic N) is 3. The predicted molar refractivity (Wildman–Crippen MR) is 102 cm³/mol. The molecule has 150 valence electrons. The van der Waals surface area contributed by atoms with Crippen molar-refractivity contribution < 1.29 is 17.9 Å². The number of aliphatic imine (C=N–C) groups is 1. The van der Waals surface area contributed by atoms with Crippen LogP contribution in [-0.2, 0) is 19.4 Å².